The van der Waals surface area contributed by atoms with Crippen LogP contribution >= 0.6 is 0 Å². The van der Waals surface area contributed by atoms with Gasteiger partial charge in [0, 0.05) is 29.4 Å². The van der Waals surface area contributed by atoms with Crippen LogP contribution in [-0.2, 0) is 6.18 Å². The molecule has 4 nitrogen and oxygen atoms in total. The maximum atomic E-state index is 13.1. The zero-order valence-electron chi connectivity index (χ0n) is 14.6. The molecule has 2 atom stereocenters. The number of rotatable bonds is 3. The largest absolute Gasteiger partial charge is 0.419 e. The summed E-state index contributed by atoms with van der Waals surface area (Å²) < 4.78 is 41.3. The highest BCUT2D eigenvalue weighted by Crippen LogP contribution is 2.41. The van der Waals surface area contributed by atoms with Crippen molar-refractivity contribution in [2.24, 2.45) is 5.92 Å². The molecule has 0 amide bonds. The van der Waals surface area contributed by atoms with Gasteiger partial charge in [0.25, 0.3) is 0 Å². The molecule has 1 fully saturated rings. The number of nitrogen functional groups attached to an aromatic ring is 1. The number of alkyl halides is 3. The summed E-state index contributed by atoms with van der Waals surface area (Å²) in [5.74, 6) is 0.439. The molecule has 0 saturated heterocycles. The van der Waals surface area contributed by atoms with Crippen molar-refractivity contribution < 1.29 is 13.2 Å². The van der Waals surface area contributed by atoms with Crippen LogP contribution in [0.5, 0.6) is 0 Å². The van der Waals surface area contributed by atoms with Crippen molar-refractivity contribution in [2.45, 2.75) is 58.2 Å². The smallest absolute Gasteiger partial charge is 0.383 e. The first-order valence-electron chi connectivity index (χ1n) is 8.61. The lowest BCUT2D eigenvalue weighted by Crippen LogP contribution is -2.13. The summed E-state index contributed by atoms with van der Waals surface area (Å²) in [7, 11) is 0. The molecule has 1 aliphatic carbocycles. The van der Waals surface area contributed by atoms with Gasteiger partial charge in [0.2, 0.25) is 0 Å². The summed E-state index contributed by atoms with van der Waals surface area (Å²) in [6.07, 6.45) is 0.264. The van der Waals surface area contributed by atoms with Gasteiger partial charge in [-0.1, -0.05) is 19.8 Å². The van der Waals surface area contributed by atoms with E-state index in [0.717, 1.165) is 18.2 Å². The summed E-state index contributed by atoms with van der Waals surface area (Å²) in [4.78, 5) is 3.73. The molecule has 136 valence electrons. The summed E-state index contributed by atoms with van der Waals surface area (Å²) in [5.41, 5.74) is 6.43. The van der Waals surface area contributed by atoms with Gasteiger partial charge in [-0.3, -0.25) is 4.68 Å². The number of nitrogens with zero attached hydrogens (tertiary/aromatic N) is 3. The monoisotopic (exact) mass is 352 g/mol. The summed E-state index contributed by atoms with van der Waals surface area (Å²) in [5, 5.41) is 4.58. The second-order valence-corrected chi connectivity index (χ2v) is 7.16. The van der Waals surface area contributed by atoms with Crippen molar-refractivity contribution in [1.82, 2.24) is 14.8 Å². The second-order valence-electron chi connectivity index (χ2n) is 7.16. The van der Waals surface area contributed by atoms with E-state index in [1.54, 1.807) is 0 Å². The topological polar surface area (TPSA) is 56.7 Å². The third-order valence-corrected chi connectivity index (χ3v) is 5.01. The van der Waals surface area contributed by atoms with Crippen LogP contribution in [0.1, 0.15) is 63.3 Å². The number of aromatic nitrogens is 3. The zero-order valence-corrected chi connectivity index (χ0v) is 14.6. The van der Waals surface area contributed by atoms with Crippen molar-refractivity contribution in [1.29, 1.82) is 0 Å². The third kappa shape index (κ3) is 3.37. The van der Waals surface area contributed by atoms with E-state index in [1.165, 1.54) is 19.0 Å². The Bertz CT molecular complexity index is 764. The molecule has 3 rings (SSSR count). The molecule has 2 heterocycles. The molecule has 0 unspecified atom stereocenters. The summed E-state index contributed by atoms with van der Waals surface area (Å²) in [6, 6.07) is 3.09. The molecule has 2 N–H and O–H groups in total. The van der Waals surface area contributed by atoms with Gasteiger partial charge >= 0.3 is 6.18 Å². The average molecular weight is 352 g/mol. The van der Waals surface area contributed by atoms with Gasteiger partial charge in [-0.15, -0.1) is 0 Å². The van der Waals surface area contributed by atoms with Crippen LogP contribution < -0.4 is 5.73 Å². The van der Waals surface area contributed by atoms with Crippen LogP contribution in [0.4, 0.5) is 19.0 Å². The van der Waals surface area contributed by atoms with Gasteiger partial charge in [0.05, 0.1) is 11.3 Å². The van der Waals surface area contributed by atoms with E-state index in [9.17, 15) is 13.2 Å². The molecule has 25 heavy (non-hydrogen) atoms. The van der Waals surface area contributed by atoms with Crippen LogP contribution in [0.15, 0.2) is 18.3 Å². The fourth-order valence-corrected chi connectivity index (χ4v) is 3.67. The van der Waals surface area contributed by atoms with Gasteiger partial charge < -0.3 is 5.73 Å². The highest BCUT2D eigenvalue weighted by Gasteiger charge is 2.35. The lowest BCUT2D eigenvalue weighted by Gasteiger charge is -2.19. The van der Waals surface area contributed by atoms with E-state index in [4.69, 9.17) is 5.73 Å². The van der Waals surface area contributed by atoms with E-state index >= 15 is 0 Å². The lowest BCUT2D eigenvalue weighted by molar-refractivity contribution is -0.137. The molecule has 7 heteroatoms. The first-order chi connectivity index (χ1) is 11.7. The molecule has 2 aromatic rings. The number of anilines is 1. The summed E-state index contributed by atoms with van der Waals surface area (Å²) >= 11 is 0. The third-order valence-electron chi connectivity index (χ3n) is 5.01. The predicted molar refractivity (Wildman–Crippen MR) is 91.0 cm³/mol. The van der Waals surface area contributed by atoms with Gasteiger partial charge in [-0.2, -0.15) is 18.3 Å². The van der Waals surface area contributed by atoms with Crippen LogP contribution in [0.2, 0.25) is 0 Å². The normalized spacial score (nSPS) is 21.2. The minimum atomic E-state index is -4.53. The SMILES string of the molecule is CC(C)n1nc(-c2cnc(N)c(C(F)(F)F)c2)cc1[C@@H]1CCC[C@@H]1C. The predicted octanol–water partition coefficient (Wildman–Crippen LogP) is 5.03. The van der Waals surface area contributed by atoms with Crippen LogP contribution in [0, 0.1) is 5.92 Å². The molecule has 0 radical (unpaired) electrons. The first kappa shape index (κ1) is 17.8. The fraction of sp³-hybridized carbons (Fsp3) is 0.556. The molecular formula is C18H23F3N4. The Labute approximate surface area is 145 Å². The van der Waals surface area contributed by atoms with Crippen LogP contribution in [-0.4, -0.2) is 14.8 Å². The van der Waals surface area contributed by atoms with Crippen LogP contribution in [0.25, 0.3) is 11.3 Å². The Kier molecular flexibility index (Phi) is 4.51. The minimum absolute atomic E-state index is 0.139. The Morgan fingerprint density at radius 1 is 1.24 bits per heavy atom. The van der Waals surface area contributed by atoms with Crippen molar-refractivity contribution in [3.63, 3.8) is 0 Å². The lowest BCUT2D eigenvalue weighted by atomic mass is 9.93. The van der Waals surface area contributed by atoms with Gasteiger partial charge in [0.1, 0.15) is 5.82 Å². The first-order valence-corrected chi connectivity index (χ1v) is 8.61. The molecule has 2 aromatic heterocycles. The van der Waals surface area contributed by atoms with Crippen LogP contribution in [0.3, 0.4) is 0 Å². The van der Waals surface area contributed by atoms with Crippen molar-refractivity contribution >= 4 is 5.82 Å². The highest BCUT2D eigenvalue weighted by atomic mass is 19.4. The van der Waals surface area contributed by atoms with Gasteiger partial charge in [-0.05, 0) is 38.3 Å². The molecule has 0 aliphatic heterocycles. The van der Waals surface area contributed by atoms with E-state index in [-0.39, 0.29) is 6.04 Å². The maximum absolute atomic E-state index is 13.1. The van der Waals surface area contributed by atoms with Gasteiger partial charge in [0.15, 0.2) is 0 Å². The number of hydrogen-bond donors (Lipinski definition) is 1. The number of halogens is 3. The summed E-state index contributed by atoms with van der Waals surface area (Å²) in [6.45, 7) is 6.28. The Hall–Kier alpha value is -2.05. The highest BCUT2D eigenvalue weighted by molar-refractivity contribution is 5.62. The number of hydrogen-bond acceptors (Lipinski definition) is 3. The molecule has 0 bridgehead atoms. The molecular weight excluding hydrogens is 329 g/mol. The quantitative estimate of drug-likeness (QED) is 0.843. The standard InChI is InChI=1S/C18H23F3N4/c1-10(2)25-16(13-6-4-5-11(13)3)8-15(24-25)12-7-14(18(19,20)21)17(22)23-9-12/h7-11,13H,4-6H2,1-3H3,(H2,22,23)/t11-,13+/m0/s1. The second kappa shape index (κ2) is 6.35. The minimum Gasteiger partial charge on any atom is -0.383 e. The molecule has 0 aromatic carbocycles. The van der Waals surface area contributed by atoms with E-state index < -0.39 is 17.6 Å². The Balaban J connectivity index is 2.07. The zero-order chi connectivity index (χ0) is 18.4. The molecule has 1 aliphatic rings. The van der Waals surface area contributed by atoms with E-state index in [0.29, 0.717) is 23.1 Å². The van der Waals surface area contributed by atoms with Crippen molar-refractivity contribution in [3.05, 3.63) is 29.6 Å². The van der Waals surface area contributed by atoms with E-state index in [2.05, 4.69) is 17.0 Å². The number of pyridine rings is 1. The number of nitrogens with two attached hydrogens (primary N) is 1. The molecule has 0 spiro atoms. The van der Waals surface area contributed by atoms with Crippen molar-refractivity contribution in [2.75, 3.05) is 5.73 Å². The Morgan fingerprint density at radius 3 is 2.52 bits per heavy atom. The average Bonchev–Trinajstić information content (AvgIpc) is 3.12. The molecule has 1 saturated carbocycles. The van der Waals surface area contributed by atoms with Gasteiger partial charge in [-0.25, -0.2) is 4.98 Å². The van der Waals surface area contributed by atoms with Crippen molar-refractivity contribution in [3.8, 4) is 11.3 Å². The fourth-order valence-electron chi connectivity index (χ4n) is 3.67. The van der Waals surface area contributed by atoms with E-state index in [1.807, 2.05) is 24.6 Å². The maximum Gasteiger partial charge on any atom is 0.419 e. The Morgan fingerprint density at radius 2 is 1.96 bits per heavy atom.